The van der Waals surface area contributed by atoms with Crippen LogP contribution in [0.2, 0.25) is 5.02 Å². The summed E-state index contributed by atoms with van der Waals surface area (Å²) in [4.78, 5) is 11.1. The largest absolute Gasteiger partial charge is 0.478 e. The normalized spacial score (nSPS) is 16.4. The Morgan fingerprint density at radius 1 is 1.33 bits per heavy atom. The second-order valence-corrected chi connectivity index (χ2v) is 6.14. The summed E-state index contributed by atoms with van der Waals surface area (Å²) in [6.45, 7) is 0. The molecule has 0 unspecified atom stereocenters. The molecule has 0 radical (unpaired) electrons. The summed E-state index contributed by atoms with van der Waals surface area (Å²) in [5, 5.41) is 17.7. The van der Waals surface area contributed by atoms with E-state index < -0.39 is 5.97 Å². The average molecular weight is 308 g/mol. The minimum absolute atomic E-state index is 0.159. The van der Waals surface area contributed by atoms with Crippen molar-refractivity contribution in [3.05, 3.63) is 28.7 Å². The van der Waals surface area contributed by atoms with E-state index in [1.165, 1.54) is 38.2 Å². The molecule has 0 amide bonds. The lowest BCUT2D eigenvalue weighted by molar-refractivity contribution is 0.0696. The van der Waals surface area contributed by atoms with Gasteiger partial charge in [-0.3, -0.25) is 4.40 Å². The zero-order chi connectivity index (χ0) is 14.8. The maximum Gasteiger partial charge on any atom is 0.337 e. The van der Waals surface area contributed by atoms with Crippen molar-refractivity contribution in [1.82, 2.24) is 14.6 Å². The fourth-order valence-corrected chi connectivity index (χ4v) is 3.34. The molecule has 6 heteroatoms. The summed E-state index contributed by atoms with van der Waals surface area (Å²) < 4.78 is 1.72. The summed E-state index contributed by atoms with van der Waals surface area (Å²) in [6, 6.07) is 1.42. The number of hydrogen-bond acceptors (Lipinski definition) is 3. The summed E-state index contributed by atoms with van der Waals surface area (Å²) in [6.07, 6.45) is 10.0. The van der Waals surface area contributed by atoms with Gasteiger partial charge in [-0.1, -0.05) is 43.7 Å². The molecular formula is C15H18ClN3O2. The Bertz CT molecular complexity index is 662. The van der Waals surface area contributed by atoms with Gasteiger partial charge in [-0.05, 0) is 18.4 Å². The molecule has 2 aromatic heterocycles. The molecule has 5 nitrogen and oxygen atoms in total. The quantitative estimate of drug-likeness (QED) is 0.937. The fraction of sp³-hybridized carbons (Fsp3) is 0.533. The molecule has 2 aromatic rings. The first-order chi connectivity index (χ1) is 10.1. The fourth-order valence-electron chi connectivity index (χ4n) is 3.10. The summed E-state index contributed by atoms with van der Waals surface area (Å²) in [5.41, 5.74) is 0.687. The molecule has 0 spiro atoms. The smallest absolute Gasteiger partial charge is 0.337 e. The number of rotatable bonds is 4. The van der Waals surface area contributed by atoms with Gasteiger partial charge in [0.1, 0.15) is 5.82 Å². The Kier molecular flexibility index (Phi) is 4.10. The van der Waals surface area contributed by atoms with Crippen LogP contribution in [0.1, 0.15) is 54.7 Å². The molecule has 1 saturated carbocycles. The van der Waals surface area contributed by atoms with Crippen molar-refractivity contribution in [3.63, 3.8) is 0 Å². The minimum Gasteiger partial charge on any atom is -0.478 e. The molecule has 0 aromatic carbocycles. The molecule has 1 N–H and O–H groups in total. The number of hydrogen-bond donors (Lipinski definition) is 1. The number of carboxylic acids is 1. The van der Waals surface area contributed by atoms with Crippen LogP contribution in [0.25, 0.3) is 5.65 Å². The molecule has 1 aliphatic carbocycles. The zero-order valence-corrected chi connectivity index (χ0v) is 12.5. The van der Waals surface area contributed by atoms with Gasteiger partial charge < -0.3 is 5.11 Å². The van der Waals surface area contributed by atoms with Crippen molar-refractivity contribution >= 4 is 23.2 Å². The van der Waals surface area contributed by atoms with Crippen LogP contribution >= 0.6 is 11.6 Å². The van der Waals surface area contributed by atoms with Gasteiger partial charge in [0.05, 0.1) is 10.6 Å². The molecule has 112 valence electrons. The third-order valence-electron chi connectivity index (χ3n) is 4.28. The molecule has 1 aliphatic rings. The van der Waals surface area contributed by atoms with Crippen LogP contribution in [0.4, 0.5) is 0 Å². The van der Waals surface area contributed by atoms with E-state index in [9.17, 15) is 4.79 Å². The lowest BCUT2D eigenvalue weighted by Crippen LogP contribution is -2.09. The number of aryl methyl sites for hydroxylation is 1. The molecule has 21 heavy (non-hydrogen) atoms. The molecule has 0 atom stereocenters. The number of aromatic carboxylic acids is 1. The van der Waals surface area contributed by atoms with Crippen LogP contribution in [0.5, 0.6) is 0 Å². The van der Waals surface area contributed by atoms with E-state index >= 15 is 0 Å². The zero-order valence-electron chi connectivity index (χ0n) is 11.8. The van der Waals surface area contributed by atoms with Crippen LogP contribution in [0.3, 0.4) is 0 Å². The number of pyridine rings is 1. The Morgan fingerprint density at radius 3 is 2.81 bits per heavy atom. The van der Waals surface area contributed by atoms with Crippen molar-refractivity contribution in [2.24, 2.45) is 5.92 Å². The molecule has 3 rings (SSSR count). The maximum atomic E-state index is 11.1. The van der Waals surface area contributed by atoms with Gasteiger partial charge in [-0.15, -0.1) is 10.2 Å². The molecule has 0 bridgehead atoms. The van der Waals surface area contributed by atoms with Crippen LogP contribution in [-0.2, 0) is 6.42 Å². The number of nitrogens with zero attached hydrogens (tertiary/aromatic N) is 3. The van der Waals surface area contributed by atoms with Crippen LogP contribution < -0.4 is 0 Å². The van der Waals surface area contributed by atoms with E-state index in [1.807, 2.05) is 0 Å². The minimum atomic E-state index is -0.995. The first-order valence-corrected chi connectivity index (χ1v) is 7.79. The van der Waals surface area contributed by atoms with Gasteiger partial charge in [-0.2, -0.15) is 0 Å². The summed E-state index contributed by atoms with van der Waals surface area (Å²) in [7, 11) is 0. The van der Waals surface area contributed by atoms with E-state index in [1.54, 1.807) is 10.6 Å². The summed E-state index contributed by atoms with van der Waals surface area (Å²) >= 11 is 6.08. The molecule has 0 aliphatic heterocycles. The van der Waals surface area contributed by atoms with Gasteiger partial charge >= 0.3 is 5.97 Å². The summed E-state index contributed by atoms with van der Waals surface area (Å²) in [5.74, 6) is 0.551. The van der Waals surface area contributed by atoms with Crippen LogP contribution in [0.15, 0.2) is 12.3 Å². The lowest BCUT2D eigenvalue weighted by atomic mass is 9.86. The number of carbonyl (C=O) groups is 1. The highest BCUT2D eigenvalue weighted by atomic mass is 35.5. The third-order valence-corrected chi connectivity index (χ3v) is 4.56. The number of halogens is 1. The van der Waals surface area contributed by atoms with Crippen molar-refractivity contribution in [2.45, 2.75) is 44.9 Å². The predicted octanol–water partition coefficient (Wildman–Crippen LogP) is 3.59. The highest BCUT2D eigenvalue weighted by Gasteiger charge is 2.17. The Balaban J connectivity index is 1.83. The van der Waals surface area contributed by atoms with E-state index in [-0.39, 0.29) is 5.56 Å². The Hall–Kier alpha value is -1.62. The topological polar surface area (TPSA) is 67.5 Å². The number of aromatic nitrogens is 3. The molecule has 2 heterocycles. The Morgan fingerprint density at radius 2 is 2.10 bits per heavy atom. The highest BCUT2D eigenvalue weighted by molar-refractivity contribution is 6.33. The monoisotopic (exact) mass is 307 g/mol. The molecular weight excluding hydrogens is 290 g/mol. The maximum absolute atomic E-state index is 11.1. The van der Waals surface area contributed by atoms with Crippen molar-refractivity contribution in [2.75, 3.05) is 0 Å². The van der Waals surface area contributed by atoms with Gasteiger partial charge in [0.25, 0.3) is 0 Å². The molecule has 0 saturated heterocycles. The first kappa shape index (κ1) is 14.3. The van der Waals surface area contributed by atoms with Gasteiger partial charge in [0.15, 0.2) is 5.65 Å². The number of fused-ring (bicyclic) bond motifs is 1. The number of carboxylic acid groups (broad SMARTS) is 1. The highest BCUT2D eigenvalue weighted by Crippen LogP contribution is 2.27. The first-order valence-electron chi connectivity index (χ1n) is 7.41. The van der Waals surface area contributed by atoms with Crippen LogP contribution in [0, 0.1) is 5.92 Å². The van der Waals surface area contributed by atoms with E-state index in [4.69, 9.17) is 16.7 Å². The standard InChI is InChI=1S/C15H18ClN3O2/c16-12-8-11(15(20)21)9-19-13(17-18-14(12)19)7-6-10-4-2-1-3-5-10/h8-10H,1-7H2,(H,20,21). The van der Waals surface area contributed by atoms with Gasteiger partial charge in [0.2, 0.25) is 0 Å². The van der Waals surface area contributed by atoms with E-state index in [0.717, 1.165) is 24.6 Å². The van der Waals surface area contributed by atoms with Crippen LogP contribution in [-0.4, -0.2) is 25.7 Å². The SMILES string of the molecule is O=C(O)c1cc(Cl)c2nnc(CCC3CCCCC3)n2c1. The van der Waals surface area contributed by atoms with Gasteiger partial charge in [0, 0.05) is 12.6 Å². The molecule has 1 fully saturated rings. The second kappa shape index (κ2) is 6.02. The second-order valence-electron chi connectivity index (χ2n) is 5.73. The predicted molar refractivity (Wildman–Crippen MR) is 79.9 cm³/mol. The lowest BCUT2D eigenvalue weighted by Gasteiger charge is -2.20. The van der Waals surface area contributed by atoms with Crippen molar-refractivity contribution < 1.29 is 9.90 Å². The third kappa shape index (κ3) is 3.02. The van der Waals surface area contributed by atoms with Crippen molar-refractivity contribution in [3.8, 4) is 0 Å². The van der Waals surface area contributed by atoms with Crippen molar-refractivity contribution in [1.29, 1.82) is 0 Å². The van der Waals surface area contributed by atoms with E-state index in [2.05, 4.69) is 10.2 Å². The average Bonchev–Trinajstić information content (AvgIpc) is 2.90. The van der Waals surface area contributed by atoms with E-state index in [0.29, 0.717) is 10.7 Å². The Labute approximate surface area is 127 Å². The van der Waals surface area contributed by atoms with Gasteiger partial charge in [-0.25, -0.2) is 4.79 Å².